The number of hydrogen-bond acceptors (Lipinski definition) is 3. The van der Waals surface area contributed by atoms with Crippen molar-refractivity contribution in [2.24, 2.45) is 17.6 Å². The molecule has 0 spiro atoms. The van der Waals surface area contributed by atoms with E-state index < -0.39 is 0 Å². The summed E-state index contributed by atoms with van der Waals surface area (Å²) >= 11 is 0. The molecular weight excluding hydrogens is 212 g/mol. The Labute approximate surface area is 106 Å². The topological polar surface area (TPSA) is 38.5 Å². The lowest BCUT2D eigenvalue weighted by Gasteiger charge is -2.38. The Morgan fingerprint density at radius 1 is 1.24 bits per heavy atom. The van der Waals surface area contributed by atoms with Crippen LogP contribution in [0, 0.1) is 11.8 Å². The Morgan fingerprint density at radius 3 is 2.71 bits per heavy atom. The van der Waals surface area contributed by atoms with Gasteiger partial charge in [0, 0.05) is 19.6 Å². The fourth-order valence-electron chi connectivity index (χ4n) is 3.36. The van der Waals surface area contributed by atoms with Crippen LogP contribution < -0.4 is 5.73 Å². The van der Waals surface area contributed by atoms with Crippen LogP contribution in [0.3, 0.4) is 0 Å². The van der Waals surface area contributed by atoms with Gasteiger partial charge in [0.15, 0.2) is 0 Å². The van der Waals surface area contributed by atoms with Crippen LogP contribution in [-0.4, -0.2) is 43.8 Å². The van der Waals surface area contributed by atoms with Crippen LogP contribution in [0.1, 0.15) is 39.0 Å². The van der Waals surface area contributed by atoms with Crippen LogP contribution in [0.5, 0.6) is 0 Å². The highest BCUT2D eigenvalue weighted by Gasteiger charge is 2.28. The summed E-state index contributed by atoms with van der Waals surface area (Å²) in [7, 11) is 0. The van der Waals surface area contributed by atoms with Crippen molar-refractivity contribution in [2.45, 2.75) is 45.1 Å². The molecule has 100 valence electrons. The molecule has 3 heteroatoms. The van der Waals surface area contributed by atoms with Gasteiger partial charge in [-0.25, -0.2) is 0 Å². The average Bonchev–Trinajstić information content (AvgIpc) is 2.39. The summed E-state index contributed by atoms with van der Waals surface area (Å²) in [4.78, 5) is 2.61. The van der Waals surface area contributed by atoms with Crippen LogP contribution in [0.2, 0.25) is 0 Å². The fourth-order valence-corrected chi connectivity index (χ4v) is 3.36. The van der Waals surface area contributed by atoms with Gasteiger partial charge in [-0.2, -0.15) is 0 Å². The monoisotopic (exact) mass is 240 g/mol. The summed E-state index contributed by atoms with van der Waals surface area (Å²) in [6.07, 6.45) is 7.13. The zero-order valence-corrected chi connectivity index (χ0v) is 11.2. The van der Waals surface area contributed by atoms with Gasteiger partial charge in [0.25, 0.3) is 0 Å². The molecule has 0 amide bonds. The van der Waals surface area contributed by atoms with Crippen LogP contribution in [0.4, 0.5) is 0 Å². The number of hydrogen-bond donors (Lipinski definition) is 1. The minimum absolute atomic E-state index is 0.462. The average molecular weight is 240 g/mol. The number of nitrogens with two attached hydrogens (primary N) is 1. The van der Waals surface area contributed by atoms with Gasteiger partial charge in [-0.05, 0) is 37.6 Å². The zero-order valence-electron chi connectivity index (χ0n) is 11.2. The molecule has 0 radical (unpaired) electrons. The normalized spacial score (nSPS) is 36.0. The van der Waals surface area contributed by atoms with Gasteiger partial charge in [-0.1, -0.05) is 19.8 Å². The molecule has 1 saturated heterocycles. The van der Waals surface area contributed by atoms with E-state index in [2.05, 4.69) is 11.8 Å². The van der Waals surface area contributed by atoms with E-state index in [1.807, 2.05) is 0 Å². The highest BCUT2D eigenvalue weighted by molar-refractivity contribution is 4.81. The first-order valence-corrected chi connectivity index (χ1v) is 7.37. The molecule has 3 nitrogen and oxygen atoms in total. The van der Waals surface area contributed by atoms with E-state index in [1.54, 1.807) is 0 Å². The number of nitrogens with zero attached hydrogens (tertiary/aromatic N) is 1. The molecule has 1 saturated carbocycles. The summed E-state index contributed by atoms with van der Waals surface area (Å²) in [5, 5.41) is 0. The lowest BCUT2D eigenvalue weighted by molar-refractivity contribution is -0.0383. The van der Waals surface area contributed by atoms with Crippen molar-refractivity contribution >= 4 is 0 Å². The van der Waals surface area contributed by atoms with Gasteiger partial charge in [0.2, 0.25) is 0 Å². The summed E-state index contributed by atoms with van der Waals surface area (Å²) in [5.74, 6) is 1.61. The van der Waals surface area contributed by atoms with Crippen molar-refractivity contribution in [1.82, 2.24) is 4.90 Å². The smallest absolute Gasteiger partial charge is 0.0700 e. The second kappa shape index (κ2) is 6.72. The summed E-state index contributed by atoms with van der Waals surface area (Å²) in [6.45, 7) is 7.51. The minimum atomic E-state index is 0.462. The molecule has 3 unspecified atom stereocenters. The van der Waals surface area contributed by atoms with Crippen LogP contribution in [0.15, 0.2) is 0 Å². The molecule has 0 aromatic rings. The van der Waals surface area contributed by atoms with Gasteiger partial charge < -0.3 is 10.5 Å². The van der Waals surface area contributed by atoms with Gasteiger partial charge in [0.05, 0.1) is 12.7 Å². The first-order valence-electron chi connectivity index (χ1n) is 7.37. The highest BCUT2D eigenvalue weighted by Crippen LogP contribution is 2.30. The molecule has 2 fully saturated rings. The fraction of sp³-hybridized carbons (Fsp3) is 1.00. The summed E-state index contributed by atoms with van der Waals surface area (Å²) in [6, 6.07) is 0. The van der Waals surface area contributed by atoms with Crippen LogP contribution in [-0.2, 0) is 4.74 Å². The summed E-state index contributed by atoms with van der Waals surface area (Å²) < 4.78 is 5.73. The molecule has 17 heavy (non-hydrogen) atoms. The molecule has 3 atom stereocenters. The minimum Gasteiger partial charge on any atom is -0.376 e. The third-order valence-corrected chi connectivity index (χ3v) is 4.54. The third-order valence-electron chi connectivity index (χ3n) is 4.54. The summed E-state index contributed by atoms with van der Waals surface area (Å²) in [5.41, 5.74) is 5.91. The molecule has 2 rings (SSSR count). The van der Waals surface area contributed by atoms with E-state index in [-0.39, 0.29) is 0 Å². The Morgan fingerprint density at radius 2 is 2.00 bits per heavy atom. The Balaban J connectivity index is 1.81. The van der Waals surface area contributed by atoms with Gasteiger partial charge >= 0.3 is 0 Å². The van der Waals surface area contributed by atoms with E-state index in [1.165, 1.54) is 32.2 Å². The SMILES string of the molecule is CCC1CN(CC2CCCCC2CN)CCO1. The van der Waals surface area contributed by atoms with E-state index in [4.69, 9.17) is 10.5 Å². The Hall–Kier alpha value is -0.120. The quantitative estimate of drug-likeness (QED) is 0.815. The number of ether oxygens (including phenoxy) is 1. The molecule has 1 heterocycles. The predicted molar refractivity (Wildman–Crippen MR) is 71.0 cm³/mol. The maximum Gasteiger partial charge on any atom is 0.0700 e. The third kappa shape index (κ3) is 3.67. The van der Waals surface area contributed by atoms with Crippen molar-refractivity contribution in [3.05, 3.63) is 0 Å². The molecule has 1 aliphatic carbocycles. The molecule has 2 N–H and O–H groups in total. The van der Waals surface area contributed by atoms with Crippen molar-refractivity contribution in [3.63, 3.8) is 0 Å². The molecule has 2 aliphatic rings. The lowest BCUT2D eigenvalue weighted by Crippen LogP contribution is -2.46. The zero-order chi connectivity index (χ0) is 12.1. The Bertz CT molecular complexity index is 222. The standard InChI is InChI=1S/C14H28N2O/c1-2-14-11-16(7-8-17-14)10-13-6-4-3-5-12(13)9-15/h12-14H,2-11,15H2,1H3. The van der Waals surface area contributed by atoms with E-state index >= 15 is 0 Å². The van der Waals surface area contributed by atoms with Gasteiger partial charge in [-0.15, -0.1) is 0 Å². The maximum absolute atomic E-state index is 5.91. The highest BCUT2D eigenvalue weighted by atomic mass is 16.5. The van der Waals surface area contributed by atoms with E-state index in [0.29, 0.717) is 6.10 Å². The largest absolute Gasteiger partial charge is 0.376 e. The van der Waals surface area contributed by atoms with Crippen molar-refractivity contribution < 1.29 is 4.74 Å². The lowest BCUT2D eigenvalue weighted by atomic mass is 9.79. The predicted octanol–water partition coefficient (Wildman–Crippen LogP) is 1.86. The van der Waals surface area contributed by atoms with Crippen molar-refractivity contribution in [3.8, 4) is 0 Å². The van der Waals surface area contributed by atoms with E-state index in [0.717, 1.165) is 44.5 Å². The van der Waals surface area contributed by atoms with Gasteiger partial charge in [-0.3, -0.25) is 4.90 Å². The number of rotatable bonds is 4. The van der Waals surface area contributed by atoms with Crippen LogP contribution >= 0.6 is 0 Å². The Kier molecular flexibility index (Phi) is 5.26. The first-order chi connectivity index (χ1) is 8.33. The van der Waals surface area contributed by atoms with E-state index in [9.17, 15) is 0 Å². The molecule has 0 aromatic heterocycles. The second-order valence-corrected chi connectivity index (χ2v) is 5.70. The molecule has 1 aliphatic heterocycles. The maximum atomic E-state index is 5.91. The molecule has 0 aromatic carbocycles. The van der Waals surface area contributed by atoms with Crippen molar-refractivity contribution in [2.75, 3.05) is 32.8 Å². The van der Waals surface area contributed by atoms with Gasteiger partial charge in [0.1, 0.15) is 0 Å². The first kappa shape index (κ1) is 13.3. The number of morpholine rings is 1. The molecule has 0 bridgehead atoms. The van der Waals surface area contributed by atoms with Crippen LogP contribution in [0.25, 0.3) is 0 Å². The van der Waals surface area contributed by atoms with Crippen molar-refractivity contribution in [1.29, 1.82) is 0 Å². The molecular formula is C14H28N2O. The second-order valence-electron chi connectivity index (χ2n) is 5.70.